The van der Waals surface area contributed by atoms with Crippen LogP contribution in [0.15, 0.2) is 42.5 Å². The van der Waals surface area contributed by atoms with Gasteiger partial charge in [0.25, 0.3) is 11.8 Å². The Balaban J connectivity index is 1.03. The first-order valence-electron chi connectivity index (χ1n) is 17.9. The highest BCUT2D eigenvalue weighted by Crippen LogP contribution is 2.26. The molecule has 1 atom stereocenters. The molecule has 0 aliphatic carbocycles. The molecule has 15 heteroatoms. The minimum absolute atomic E-state index is 0.0187. The number of amides is 5. The molecule has 272 valence electrons. The van der Waals surface area contributed by atoms with Gasteiger partial charge >= 0.3 is 12.1 Å². The molecule has 51 heavy (non-hydrogen) atoms. The van der Waals surface area contributed by atoms with E-state index in [9.17, 15) is 29.5 Å². The Morgan fingerprint density at radius 2 is 1.59 bits per heavy atom. The number of hydroxylamine groups is 2. The molecule has 0 saturated carbocycles. The Labute approximate surface area is 300 Å². The van der Waals surface area contributed by atoms with Crippen molar-refractivity contribution in [2.45, 2.75) is 56.7 Å². The van der Waals surface area contributed by atoms with Crippen molar-refractivity contribution in [3.05, 3.63) is 53.6 Å². The number of nitrogens with one attached hydrogen (secondary N) is 1. The zero-order valence-corrected chi connectivity index (χ0v) is 29.3. The molecule has 2 aromatic carbocycles. The van der Waals surface area contributed by atoms with E-state index in [1.54, 1.807) is 21.9 Å². The Morgan fingerprint density at radius 3 is 2.27 bits per heavy atom. The Hall–Kier alpha value is -4.34. The van der Waals surface area contributed by atoms with E-state index in [1.165, 1.54) is 13.1 Å². The maximum atomic E-state index is 14.0. The Kier molecular flexibility index (Phi) is 11.7. The summed E-state index contributed by atoms with van der Waals surface area (Å²) in [7, 11) is 7.29. The first kappa shape index (κ1) is 36.5. The molecule has 4 heterocycles. The fourth-order valence-corrected chi connectivity index (χ4v) is 7.65. The molecule has 0 unspecified atom stereocenters. The SMILES string of the molecule is [B]c1cc(C[C@@H](OC(=O)N2CCC(N3CCc4ccccc4NC3=O)CC2)C(=O)N2CCC(N3CCN(CC(=O)N(C)O)CC3)CC2)ccc1O. The largest absolute Gasteiger partial charge is 0.509 e. The van der Waals surface area contributed by atoms with Crippen LogP contribution in [0.4, 0.5) is 15.3 Å². The van der Waals surface area contributed by atoms with Crippen LogP contribution in [0.25, 0.3) is 0 Å². The average molecular weight is 702 g/mol. The van der Waals surface area contributed by atoms with Gasteiger partial charge in [0, 0.05) is 90.1 Å². The van der Waals surface area contributed by atoms with E-state index >= 15 is 0 Å². The summed E-state index contributed by atoms with van der Waals surface area (Å²) in [5.41, 5.74) is 2.79. The van der Waals surface area contributed by atoms with Gasteiger partial charge in [-0.2, -0.15) is 0 Å². The number of carbonyl (C=O) groups excluding carboxylic acids is 4. The molecule has 4 aliphatic rings. The third-order valence-electron chi connectivity index (χ3n) is 10.8. The van der Waals surface area contributed by atoms with E-state index < -0.39 is 12.2 Å². The van der Waals surface area contributed by atoms with Crippen LogP contribution >= 0.6 is 0 Å². The van der Waals surface area contributed by atoms with Crippen molar-refractivity contribution >= 4 is 42.9 Å². The second kappa shape index (κ2) is 16.3. The number of carbonyl (C=O) groups is 4. The number of likely N-dealkylation sites (tertiary alicyclic amines) is 2. The molecular formula is C36H48BN7O7. The summed E-state index contributed by atoms with van der Waals surface area (Å²) >= 11 is 0. The summed E-state index contributed by atoms with van der Waals surface area (Å²) in [6, 6.07) is 12.7. The van der Waals surface area contributed by atoms with Crippen molar-refractivity contribution in [2.75, 3.05) is 77.8 Å². The monoisotopic (exact) mass is 701 g/mol. The van der Waals surface area contributed by atoms with E-state index in [2.05, 4.69) is 10.2 Å². The zero-order chi connectivity index (χ0) is 36.1. The maximum absolute atomic E-state index is 14.0. The number of phenols is 1. The first-order chi connectivity index (χ1) is 24.5. The van der Waals surface area contributed by atoms with E-state index in [0.717, 1.165) is 56.7 Å². The van der Waals surface area contributed by atoms with Gasteiger partial charge < -0.3 is 29.9 Å². The molecule has 3 fully saturated rings. The summed E-state index contributed by atoms with van der Waals surface area (Å²) < 4.78 is 5.98. The third-order valence-corrected chi connectivity index (χ3v) is 10.8. The van der Waals surface area contributed by atoms with Crippen molar-refractivity contribution in [1.29, 1.82) is 0 Å². The van der Waals surface area contributed by atoms with Crippen LogP contribution in [-0.2, 0) is 27.2 Å². The van der Waals surface area contributed by atoms with Crippen LogP contribution in [0, 0.1) is 0 Å². The normalized spacial score (nSPS) is 20.3. The molecular weight excluding hydrogens is 653 g/mol. The van der Waals surface area contributed by atoms with Crippen LogP contribution in [-0.4, -0.2) is 162 Å². The van der Waals surface area contributed by atoms with Crippen molar-refractivity contribution in [3.8, 4) is 5.75 Å². The minimum Gasteiger partial charge on any atom is -0.509 e. The maximum Gasteiger partial charge on any atom is 0.410 e. The number of para-hydroxylation sites is 1. The van der Waals surface area contributed by atoms with Gasteiger partial charge in [-0.3, -0.25) is 24.6 Å². The van der Waals surface area contributed by atoms with Crippen LogP contribution in [0.2, 0.25) is 0 Å². The van der Waals surface area contributed by atoms with Gasteiger partial charge in [-0.25, -0.2) is 14.7 Å². The number of aromatic hydroxyl groups is 1. The molecule has 3 N–H and O–H groups in total. The van der Waals surface area contributed by atoms with Crippen molar-refractivity contribution < 1.29 is 34.2 Å². The van der Waals surface area contributed by atoms with Crippen LogP contribution < -0.4 is 10.8 Å². The number of nitrogens with zero attached hydrogens (tertiary/aromatic N) is 6. The lowest BCUT2D eigenvalue weighted by atomic mass is 9.91. The molecule has 0 bridgehead atoms. The van der Waals surface area contributed by atoms with Gasteiger partial charge in [0.15, 0.2) is 6.10 Å². The standard InChI is InChI=1S/C36H48BN7O7/c1-39(50)33(46)24-40-18-20-41(21-19-40)27-9-13-42(14-10-27)34(47)32(23-25-6-7-31(45)29(37)22-25)51-36(49)43-15-11-28(12-16-43)44-17-8-26-4-2-3-5-30(26)38-35(44)48/h2-7,22,27-28,32,45,50H,8-21,23-24H2,1H3,(H,38,48)/t32-/m1/s1. The van der Waals surface area contributed by atoms with Gasteiger partial charge in [0.2, 0.25) is 0 Å². The predicted molar refractivity (Wildman–Crippen MR) is 190 cm³/mol. The predicted octanol–water partition coefficient (Wildman–Crippen LogP) is 1.24. The number of hydrogen-bond acceptors (Lipinski definition) is 9. The summed E-state index contributed by atoms with van der Waals surface area (Å²) in [4.78, 5) is 62.2. The zero-order valence-electron chi connectivity index (χ0n) is 29.3. The Morgan fingerprint density at radius 1 is 0.922 bits per heavy atom. The highest BCUT2D eigenvalue weighted by atomic mass is 16.6. The van der Waals surface area contributed by atoms with E-state index in [1.807, 2.05) is 34.1 Å². The van der Waals surface area contributed by atoms with E-state index in [0.29, 0.717) is 62.2 Å². The number of rotatable bonds is 8. The topological polar surface area (TPSA) is 149 Å². The Bertz CT molecular complexity index is 1570. The van der Waals surface area contributed by atoms with Gasteiger partial charge in [-0.1, -0.05) is 35.8 Å². The van der Waals surface area contributed by atoms with Gasteiger partial charge in [0.1, 0.15) is 13.6 Å². The highest BCUT2D eigenvalue weighted by molar-refractivity contribution is 6.34. The van der Waals surface area contributed by atoms with Crippen molar-refractivity contribution in [1.82, 2.24) is 29.6 Å². The molecule has 6 rings (SSSR count). The number of urea groups is 1. The first-order valence-corrected chi connectivity index (χ1v) is 17.9. The number of phenolic OH excluding ortho intramolecular Hbond substituents is 1. The molecule has 5 amide bonds. The second-order valence-corrected chi connectivity index (χ2v) is 14.0. The average Bonchev–Trinajstić information content (AvgIpc) is 3.31. The molecule has 2 radical (unpaired) electrons. The number of fused-ring (bicyclic) bond motifs is 1. The summed E-state index contributed by atoms with van der Waals surface area (Å²) in [6.07, 6.45) is 1.98. The number of benzene rings is 2. The molecule has 2 aromatic rings. The lowest BCUT2D eigenvalue weighted by molar-refractivity contribution is -0.161. The number of anilines is 1. The van der Waals surface area contributed by atoms with Crippen LogP contribution in [0.1, 0.15) is 36.8 Å². The molecule has 0 spiro atoms. The highest BCUT2D eigenvalue weighted by Gasteiger charge is 2.36. The summed E-state index contributed by atoms with van der Waals surface area (Å²) in [5, 5.41) is 23.0. The lowest BCUT2D eigenvalue weighted by Gasteiger charge is -2.43. The number of ether oxygens (including phenoxy) is 1. The number of piperazine rings is 1. The van der Waals surface area contributed by atoms with Gasteiger partial charge in [-0.05, 0) is 55.4 Å². The van der Waals surface area contributed by atoms with Crippen molar-refractivity contribution in [2.24, 2.45) is 0 Å². The molecule has 3 saturated heterocycles. The second-order valence-electron chi connectivity index (χ2n) is 14.0. The number of piperidine rings is 2. The minimum atomic E-state index is -1.07. The van der Waals surface area contributed by atoms with Crippen molar-refractivity contribution in [3.63, 3.8) is 0 Å². The molecule has 14 nitrogen and oxygen atoms in total. The molecule has 0 aromatic heterocycles. The van der Waals surface area contributed by atoms with E-state index in [-0.39, 0.29) is 48.1 Å². The smallest absolute Gasteiger partial charge is 0.410 e. The third kappa shape index (κ3) is 8.94. The molecule has 4 aliphatic heterocycles. The van der Waals surface area contributed by atoms with Gasteiger partial charge in [-0.15, -0.1) is 0 Å². The number of hydrogen-bond donors (Lipinski definition) is 3. The quantitative estimate of drug-likeness (QED) is 0.210. The number of likely N-dealkylation sites (N-methyl/N-ethyl adjacent to an activating group) is 1. The van der Waals surface area contributed by atoms with Gasteiger partial charge in [0.05, 0.1) is 6.54 Å². The fraction of sp³-hybridized carbons (Fsp3) is 0.556. The van der Waals surface area contributed by atoms with E-state index in [4.69, 9.17) is 12.6 Å². The lowest BCUT2D eigenvalue weighted by Crippen LogP contribution is -2.56. The fourth-order valence-electron chi connectivity index (χ4n) is 7.65. The van der Waals surface area contributed by atoms with Crippen LogP contribution in [0.3, 0.4) is 0 Å². The van der Waals surface area contributed by atoms with Crippen LogP contribution in [0.5, 0.6) is 5.75 Å². The summed E-state index contributed by atoms with van der Waals surface area (Å²) in [5.74, 6) is -0.655. The summed E-state index contributed by atoms with van der Waals surface area (Å²) in [6.45, 7) is 5.68.